The third kappa shape index (κ3) is 5.88. The van der Waals surface area contributed by atoms with Crippen molar-refractivity contribution in [2.45, 2.75) is 0 Å². The minimum Gasteiger partial charge on any atom is -0.378 e. The maximum atomic E-state index is 5.50. The monoisotopic (exact) mass is 610 g/mol. The van der Waals surface area contributed by atoms with Crippen LogP contribution in [0.15, 0.2) is 97.6 Å². The molecule has 0 radical (unpaired) electrons. The van der Waals surface area contributed by atoms with Crippen LogP contribution in [0.1, 0.15) is 0 Å². The zero-order chi connectivity index (χ0) is 30.7. The molecule has 0 spiro atoms. The largest absolute Gasteiger partial charge is 0.378 e. The third-order valence-electron chi connectivity index (χ3n) is 8.62. The van der Waals surface area contributed by atoms with Gasteiger partial charge in [0.2, 0.25) is 0 Å². The minimum absolute atomic E-state index is 0.762. The van der Waals surface area contributed by atoms with Crippen molar-refractivity contribution in [2.75, 3.05) is 73.0 Å². The normalized spacial score (nSPS) is 15.3. The van der Waals surface area contributed by atoms with E-state index < -0.39 is 0 Å². The molecule has 2 aromatic heterocycles. The van der Waals surface area contributed by atoms with Crippen LogP contribution >= 0.6 is 0 Å². The van der Waals surface area contributed by atoms with E-state index in [-0.39, 0.29) is 0 Å². The third-order valence-corrected chi connectivity index (χ3v) is 8.62. The quantitative estimate of drug-likeness (QED) is 0.211. The van der Waals surface area contributed by atoms with Gasteiger partial charge in [0.25, 0.3) is 0 Å². The number of ether oxygens (including phenoxy) is 2. The highest BCUT2D eigenvalue weighted by Crippen LogP contribution is 2.33. The lowest BCUT2D eigenvalue weighted by molar-refractivity contribution is 0.122. The number of hydrogen-bond acceptors (Lipinski definition) is 10. The molecule has 0 unspecified atom stereocenters. The molecule has 0 amide bonds. The predicted molar refractivity (Wildman–Crippen MR) is 184 cm³/mol. The van der Waals surface area contributed by atoms with Crippen molar-refractivity contribution in [3.05, 3.63) is 97.6 Å². The van der Waals surface area contributed by atoms with E-state index in [2.05, 4.69) is 113 Å². The molecule has 10 heteroatoms. The average molecular weight is 611 g/mol. The summed E-state index contributed by atoms with van der Waals surface area (Å²) in [5, 5.41) is 8.92. The van der Waals surface area contributed by atoms with Crippen LogP contribution in [0.2, 0.25) is 0 Å². The van der Waals surface area contributed by atoms with Gasteiger partial charge in [-0.3, -0.25) is 0 Å². The lowest BCUT2D eigenvalue weighted by Gasteiger charge is -2.28. The van der Waals surface area contributed by atoms with Gasteiger partial charge in [-0.05, 0) is 83.9 Å². The minimum atomic E-state index is 0.762. The van der Waals surface area contributed by atoms with Crippen LogP contribution in [-0.2, 0) is 9.47 Å². The van der Waals surface area contributed by atoms with Gasteiger partial charge in [-0.2, -0.15) is 0 Å². The Morgan fingerprint density at radius 1 is 0.478 bits per heavy atom. The van der Waals surface area contributed by atoms with Crippen molar-refractivity contribution in [3.63, 3.8) is 0 Å². The van der Waals surface area contributed by atoms with Crippen molar-refractivity contribution in [2.24, 2.45) is 0 Å². The highest BCUT2D eigenvalue weighted by atomic mass is 16.5. The van der Waals surface area contributed by atoms with E-state index in [0.29, 0.717) is 0 Å². The smallest absolute Gasteiger partial charge is 0.141 e. The first-order valence-electron chi connectivity index (χ1n) is 15.7. The first-order valence-corrected chi connectivity index (χ1v) is 15.7. The second-order valence-corrected chi connectivity index (χ2v) is 11.5. The maximum absolute atomic E-state index is 5.50. The number of aromatic nitrogens is 4. The number of benzene rings is 4. The van der Waals surface area contributed by atoms with Gasteiger partial charge >= 0.3 is 0 Å². The Bertz CT molecular complexity index is 1830. The van der Waals surface area contributed by atoms with Gasteiger partial charge in [0.15, 0.2) is 0 Å². The van der Waals surface area contributed by atoms with Crippen LogP contribution in [0.4, 0.5) is 34.4 Å². The van der Waals surface area contributed by atoms with E-state index in [1.807, 2.05) is 12.1 Å². The number of anilines is 6. The summed E-state index contributed by atoms with van der Waals surface area (Å²) in [6, 6.07) is 29.5. The fourth-order valence-corrected chi connectivity index (χ4v) is 6.10. The van der Waals surface area contributed by atoms with Crippen LogP contribution in [0, 0.1) is 0 Å². The Balaban J connectivity index is 1.06. The zero-order valence-electron chi connectivity index (χ0n) is 25.4. The summed E-state index contributed by atoms with van der Waals surface area (Å²) in [7, 11) is 0. The van der Waals surface area contributed by atoms with E-state index in [4.69, 9.17) is 9.47 Å². The van der Waals surface area contributed by atoms with E-state index in [9.17, 15) is 0 Å². The zero-order valence-corrected chi connectivity index (χ0v) is 25.4. The molecule has 0 atom stereocenters. The molecular weight excluding hydrogens is 576 g/mol. The predicted octanol–water partition coefficient (Wildman–Crippen LogP) is 6.40. The number of hydrogen-bond donors (Lipinski definition) is 2. The molecule has 0 bridgehead atoms. The fraction of sp³-hybridized carbons (Fsp3) is 0.222. The number of nitrogens with one attached hydrogen (secondary N) is 2. The average Bonchev–Trinajstić information content (AvgIpc) is 3.13. The summed E-state index contributed by atoms with van der Waals surface area (Å²) in [5.41, 5.74) is 8.19. The summed E-state index contributed by atoms with van der Waals surface area (Å²) in [4.78, 5) is 23.0. The van der Waals surface area contributed by atoms with Crippen molar-refractivity contribution < 1.29 is 9.47 Å². The fourth-order valence-electron chi connectivity index (χ4n) is 6.10. The molecule has 2 aliphatic rings. The number of morpholine rings is 2. The summed E-state index contributed by atoms with van der Waals surface area (Å²) >= 11 is 0. The van der Waals surface area contributed by atoms with Crippen LogP contribution in [0.5, 0.6) is 0 Å². The van der Waals surface area contributed by atoms with E-state index >= 15 is 0 Å². The van der Waals surface area contributed by atoms with Gasteiger partial charge in [0.1, 0.15) is 24.3 Å². The van der Waals surface area contributed by atoms with E-state index in [1.54, 1.807) is 12.7 Å². The molecule has 2 aliphatic heterocycles. The van der Waals surface area contributed by atoms with Gasteiger partial charge in [-0.15, -0.1) is 0 Å². The molecular formula is C36H34N8O2. The molecule has 46 heavy (non-hydrogen) atoms. The number of rotatable bonds is 7. The molecule has 6 aromatic rings. The van der Waals surface area contributed by atoms with Gasteiger partial charge in [0, 0.05) is 59.7 Å². The van der Waals surface area contributed by atoms with E-state index in [1.165, 1.54) is 11.4 Å². The number of fused-ring (bicyclic) bond motifs is 2. The Morgan fingerprint density at radius 2 is 0.891 bits per heavy atom. The molecule has 230 valence electrons. The van der Waals surface area contributed by atoms with Gasteiger partial charge in [-0.1, -0.05) is 12.1 Å². The van der Waals surface area contributed by atoms with Crippen LogP contribution in [0.25, 0.3) is 32.9 Å². The highest BCUT2D eigenvalue weighted by molar-refractivity contribution is 5.97. The van der Waals surface area contributed by atoms with Crippen LogP contribution in [-0.4, -0.2) is 72.5 Å². The Morgan fingerprint density at radius 3 is 1.30 bits per heavy atom. The van der Waals surface area contributed by atoms with Crippen molar-refractivity contribution in [1.29, 1.82) is 0 Å². The molecule has 2 N–H and O–H groups in total. The molecule has 8 rings (SSSR count). The first-order chi connectivity index (χ1) is 22.8. The first kappa shape index (κ1) is 28.2. The van der Waals surface area contributed by atoms with Gasteiger partial charge in [0.05, 0.1) is 37.5 Å². The summed E-state index contributed by atoms with van der Waals surface area (Å²) in [6.45, 7) is 6.70. The molecule has 0 aliphatic carbocycles. The molecule has 4 aromatic carbocycles. The van der Waals surface area contributed by atoms with Crippen molar-refractivity contribution in [3.8, 4) is 11.1 Å². The topological polar surface area (TPSA) is 101 Å². The molecule has 0 saturated carbocycles. The highest BCUT2D eigenvalue weighted by Gasteiger charge is 2.14. The summed E-state index contributed by atoms with van der Waals surface area (Å²) in [6.07, 6.45) is 3.20. The maximum Gasteiger partial charge on any atom is 0.141 e. The summed E-state index contributed by atoms with van der Waals surface area (Å²) in [5.74, 6) is 1.52. The lowest BCUT2D eigenvalue weighted by atomic mass is 10.0. The molecule has 2 saturated heterocycles. The second-order valence-electron chi connectivity index (χ2n) is 11.5. The number of nitrogens with zero attached hydrogens (tertiary/aromatic N) is 6. The molecule has 2 fully saturated rings. The SMILES string of the molecule is c1nc(Nc2ccc(N3CCOCC3)cc2)c2cc(-c3ccc4ncnc(Nc5ccc(N6CCOCC6)cc5)c4c3)ccc2n1. The van der Waals surface area contributed by atoms with Crippen LogP contribution < -0.4 is 20.4 Å². The molecule has 10 nitrogen and oxygen atoms in total. The van der Waals surface area contributed by atoms with Gasteiger partial charge < -0.3 is 29.9 Å². The molecule has 4 heterocycles. The van der Waals surface area contributed by atoms with Gasteiger partial charge in [-0.25, -0.2) is 19.9 Å². The van der Waals surface area contributed by atoms with Crippen molar-refractivity contribution in [1.82, 2.24) is 19.9 Å². The Hall–Kier alpha value is -5.32. The van der Waals surface area contributed by atoms with Crippen LogP contribution in [0.3, 0.4) is 0 Å². The lowest BCUT2D eigenvalue weighted by Crippen LogP contribution is -2.36. The standard InChI is InChI=1S/C36H34N8O2/c1-11-33-31(35(39-23-37-33)41-27-3-7-29(8-4-27)43-13-17-45-18-14-43)21-25(1)26-2-12-34-32(22-26)36(40-24-38-34)42-28-5-9-30(10-6-28)44-15-19-46-20-16-44/h1-12,21-24H,13-20H2,(H,37,39,41)(H,38,40,42). The Labute approximate surface area is 267 Å². The second kappa shape index (κ2) is 12.6. The van der Waals surface area contributed by atoms with E-state index in [0.717, 1.165) is 109 Å². The van der Waals surface area contributed by atoms with Crippen molar-refractivity contribution >= 4 is 56.2 Å². The Kier molecular flexibility index (Phi) is 7.71. The summed E-state index contributed by atoms with van der Waals surface area (Å²) < 4.78 is 11.0.